The Hall–Kier alpha value is -3.04. The van der Waals surface area contributed by atoms with E-state index in [0.29, 0.717) is 30.5 Å². The minimum atomic E-state index is -1.11. The van der Waals surface area contributed by atoms with E-state index in [1.165, 1.54) is 10.5 Å². The average Bonchev–Trinajstić information content (AvgIpc) is 3.27. The number of rotatable bonds is 7. The third-order valence-electron chi connectivity index (χ3n) is 5.93. The molecule has 33 heavy (non-hydrogen) atoms. The molecule has 1 saturated heterocycles. The molecule has 1 fully saturated rings. The van der Waals surface area contributed by atoms with Crippen molar-refractivity contribution >= 4 is 34.8 Å². The van der Waals surface area contributed by atoms with Crippen LogP contribution in [0.15, 0.2) is 34.6 Å². The zero-order chi connectivity index (χ0) is 23.5. The first-order valence-corrected chi connectivity index (χ1v) is 12.1. The van der Waals surface area contributed by atoms with Crippen LogP contribution in [0.25, 0.3) is 11.7 Å². The molecule has 3 aromatic rings. The Morgan fingerprint density at radius 1 is 1.30 bits per heavy atom. The van der Waals surface area contributed by atoms with E-state index < -0.39 is 5.97 Å². The number of nitrogens with zero attached hydrogens (tertiary/aromatic N) is 4. The van der Waals surface area contributed by atoms with Crippen molar-refractivity contribution in [2.45, 2.75) is 51.5 Å². The normalized spacial score (nSPS) is 15.2. The van der Waals surface area contributed by atoms with Crippen LogP contribution in [0, 0.1) is 0 Å². The molecule has 0 spiro atoms. The molecule has 4 rings (SSSR count). The molecule has 174 valence electrons. The lowest BCUT2D eigenvalue weighted by Crippen LogP contribution is -2.41. The molecule has 0 bridgehead atoms. The topological polar surface area (TPSA) is 114 Å². The van der Waals surface area contributed by atoms with E-state index in [1.807, 2.05) is 17.0 Å². The number of piperidine rings is 1. The predicted octanol–water partition coefficient (Wildman–Crippen LogP) is 3.08. The highest BCUT2D eigenvalue weighted by molar-refractivity contribution is 7.09. The van der Waals surface area contributed by atoms with Crippen molar-refractivity contribution in [3.05, 3.63) is 62.0 Å². The number of anilines is 1. The van der Waals surface area contributed by atoms with Crippen LogP contribution in [0.5, 0.6) is 0 Å². The van der Waals surface area contributed by atoms with Gasteiger partial charge in [0.05, 0.1) is 16.3 Å². The van der Waals surface area contributed by atoms with E-state index in [9.17, 15) is 9.59 Å². The molecule has 1 aliphatic rings. The Morgan fingerprint density at radius 3 is 2.73 bits per heavy atom. The van der Waals surface area contributed by atoms with Crippen molar-refractivity contribution in [1.82, 2.24) is 14.4 Å². The number of pyridine rings is 1. The summed E-state index contributed by atoms with van der Waals surface area (Å²) in [5, 5.41) is 12.3. The fourth-order valence-corrected chi connectivity index (χ4v) is 4.91. The second-order valence-electron chi connectivity index (χ2n) is 8.73. The smallest absolute Gasteiger partial charge is 0.328 e. The number of carboxylic acid groups (broad SMARTS) is 1. The average molecular weight is 468 g/mol. The number of nitrogens with two attached hydrogens (primary N) is 1. The largest absolute Gasteiger partial charge is 0.478 e. The molecule has 0 amide bonds. The van der Waals surface area contributed by atoms with Gasteiger partial charge in [-0.05, 0) is 49.0 Å². The van der Waals surface area contributed by atoms with Gasteiger partial charge in [0.2, 0.25) is 0 Å². The van der Waals surface area contributed by atoms with E-state index >= 15 is 0 Å². The summed E-state index contributed by atoms with van der Waals surface area (Å²) < 4.78 is 1.48. The highest BCUT2D eigenvalue weighted by Gasteiger charge is 2.22. The number of carboxylic acids is 1. The van der Waals surface area contributed by atoms with Crippen molar-refractivity contribution < 1.29 is 9.90 Å². The lowest BCUT2D eigenvalue weighted by Gasteiger charge is -2.32. The van der Waals surface area contributed by atoms with Crippen LogP contribution in [0.3, 0.4) is 0 Å². The molecule has 9 heteroatoms. The molecule has 0 aromatic carbocycles. The number of hydrogen-bond donors (Lipinski definition) is 2. The van der Waals surface area contributed by atoms with Gasteiger partial charge in [-0.25, -0.2) is 14.8 Å². The predicted molar refractivity (Wildman–Crippen MR) is 131 cm³/mol. The molecule has 0 radical (unpaired) electrons. The fourth-order valence-electron chi connectivity index (χ4n) is 3.95. The van der Waals surface area contributed by atoms with E-state index in [1.54, 1.807) is 17.5 Å². The monoisotopic (exact) mass is 467 g/mol. The van der Waals surface area contributed by atoms with Gasteiger partial charge in [0, 0.05) is 43.2 Å². The lowest BCUT2D eigenvalue weighted by molar-refractivity contribution is -0.131. The van der Waals surface area contributed by atoms with Crippen LogP contribution >= 0.6 is 11.3 Å². The summed E-state index contributed by atoms with van der Waals surface area (Å²) >= 11 is 1.68. The first-order chi connectivity index (χ1) is 15.8. The summed E-state index contributed by atoms with van der Waals surface area (Å²) in [6, 6.07) is 3.98. The minimum absolute atomic E-state index is 0.134. The van der Waals surface area contributed by atoms with Crippen molar-refractivity contribution in [2.75, 3.05) is 18.0 Å². The van der Waals surface area contributed by atoms with Gasteiger partial charge in [-0.2, -0.15) is 0 Å². The maximum absolute atomic E-state index is 13.2. The van der Waals surface area contributed by atoms with Crippen LogP contribution in [0.2, 0.25) is 0 Å². The molecule has 0 unspecified atom stereocenters. The molecule has 0 atom stereocenters. The summed E-state index contributed by atoms with van der Waals surface area (Å²) in [5.74, 6) is -0.175. The Bertz CT molecular complexity index is 1240. The first-order valence-electron chi connectivity index (χ1n) is 11.2. The van der Waals surface area contributed by atoms with Crippen LogP contribution in [-0.4, -0.2) is 44.6 Å². The third kappa shape index (κ3) is 5.31. The highest BCUT2D eigenvalue weighted by Crippen LogP contribution is 2.23. The number of aromatic nitrogens is 3. The van der Waals surface area contributed by atoms with E-state index in [4.69, 9.17) is 20.8 Å². The molecule has 0 aliphatic carbocycles. The van der Waals surface area contributed by atoms with Gasteiger partial charge >= 0.3 is 5.97 Å². The Labute approximate surface area is 196 Å². The van der Waals surface area contributed by atoms with Gasteiger partial charge in [-0.1, -0.05) is 13.8 Å². The summed E-state index contributed by atoms with van der Waals surface area (Å²) in [6.07, 6.45) is 7.27. The molecule has 8 nitrogen and oxygen atoms in total. The molecule has 1 aliphatic heterocycles. The summed E-state index contributed by atoms with van der Waals surface area (Å²) in [6.45, 7) is 5.64. The number of carbonyl (C=O) groups is 1. The number of hydrogen-bond acceptors (Lipinski definition) is 7. The molecule has 0 saturated carbocycles. The standard InChI is InChI=1S/C24H29N5O3S/c1-15(2)19-14-33-21(26-19)5-3-16-7-12-29-20(13-16)27-23(28-10-8-17(25)9-11-28)18(24(29)32)4-6-22(30)31/h4,6-7,12-15,17H,3,5,8-11,25H2,1-2H3,(H,30,31)/b6-4+. The van der Waals surface area contributed by atoms with Gasteiger partial charge in [0.25, 0.3) is 5.56 Å². The SMILES string of the molecule is CC(C)c1csc(CCc2ccn3c(=O)c(/C=C/C(=O)O)c(N4CCC(N)CC4)nc3c2)n1. The van der Waals surface area contributed by atoms with Gasteiger partial charge < -0.3 is 15.7 Å². The van der Waals surface area contributed by atoms with Crippen LogP contribution < -0.4 is 16.2 Å². The van der Waals surface area contributed by atoms with Crippen molar-refractivity contribution in [3.8, 4) is 0 Å². The van der Waals surface area contributed by atoms with Gasteiger partial charge in [-0.3, -0.25) is 9.20 Å². The Balaban J connectivity index is 1.67. The van der Waals surface area contributed by atoms with E-state index in [2.05, 4.69) is 19.2 Å². The lowest BCUT2D eigenvalue weighted by atomic mass is 10.1. The second-order valence-corrected chi connectivity index (χ2v) is 9.68. The number of aliphatic carboxylic acids is 1. The summed E-state index contributed by atoms with van der Waals surface area (Å²) in [7, 11) is 0. The molecule has 3 aromatic heterocycles. The quantitative estimate of drug-likeness (QED) is 0.513. The fraction of sp³-hybridized carbons (Fsp3) is 0.417. The first kappa shape index (κ1) is 23.1. The zero-order valence-electron chi connectivity index (χ0n) is 18.9. The van der Waals surface area contributed by atoms with E-state index in [-0.39, 0.29) is 17.2 Å². The van der Waals surface area contributed by atoms with Crippen LogP contribution in [0.1, 0.15) is 54.4 Å². The maximum Gasteiger partial charge on any atom is 0.328 e. The maximum atomic E-state index is 13.2. The number of aryl methyl sites for hydroxylation is 2. The van der Waals surface area contributed by atoms with Gasteiger partial charge in [0.1, 0.15) is 11.5 Å². The Morgan fingerprint density at radius 2 is 2.06 bits per heavy atom. The highest BCUT2D eigenvalue weighted by atomic mass is 32.1. The van der Waals surface area contributed by atoms with Crippen molar-refractivity contribution in [2.24, 2.45) is 5.73 Å². The Kier molecular flexibility index (Phi) is 6.90. The van der Waals surface area contributed by atoms with Crippen LogP contribution in [-0.2, 0) is 17.6 Å². The second kappa shape index (κ2) is 9.84. The van der Waals surface area contributed by atoms with Crippen molar-refractivity contribution in [3.63, 3.8) is 0 Å². The molecular weight excluding hydrogens is 438 g/mol. The number of fused-ring (bicyclic) bond motifs is 1. The molecular formula is C24H29N5O3S. The zero-order valence-corrected chi connectivity index (χ0v) is 19.7. The molecule has 4 heterocycles. The molecule has 3 N–H and O–H groups in total. The summed E-state index contributed by atoms with van der Waals surface area (Å²) in [4.78, 5) is 35.9. The third-order valence-corrected chi connectivity index (χ3v) is 6.86. The van der Waals surface area contributed by atoms with Crippen LogP contribution in [0.4, 0.5) is 5.82 Å². The van der Waals surface area contributed by atoms with Gasteiger partial charge in [-0.15, -0.1) is 11.3 Å². The summed E-state index contributed by atoms with van der Waals surface area (Å²) in [5.41, 5.74) is 8.79. The van der Waals surface area contributed by atoms with Crippen molar-refractivity contribution in [1.29, 1.82) is 0 Å². The van der Waals surface area contributed by atoms with E-state index in [0.717, 1.165) is 48.0 Å². The number of thiazole rings is 1. The van der Waals surface area contributed by atoms with Gasteiger partial charge in [0.15, 0.2) is 0 Å². The minimum Gasteiger partial charge on any atom is -0.478 e.